The number of nitrogen functional groups attached to an aromatic ring is 1. The number of nitrogens with two attached hydrogens (primary N) is 1. The van der Waals surface area contributed by atoms with Gasteiger partial charge in [0.25, 0.3) is 5.91 Å². The van der Waals surface area contributed by atoms with Gasteiger partial charge in [0.2, 0.25) is 0 Å². The maximum Gasteiger partial charge on any atom is 0.255 e. The van der Waals surface area contributed by atoms with E-state index in [1.165, 1.54) is 4.90 Å². The highest BCUT2D eigenvalue weighted by molar-refractivity contribution is 9.10. The van der Waals surface area contributed by atoms with Gasteiger partial charge in [0.15, 0.2) is 0 Å². The number of carbonyl (C=O) groups excluding carboxylic acids is 1. The SMILES string of the molecule is CN(C)C(=O)c1cccnc1-c1cc(Br)cnc1N. The molecule has 98 valence electrons. The van der Waals surface area contributed by atoms with Crippen LogP contribution in [0.15, 0.2) is 35.1 Å². The molecular formula is C13H13BrN4O. The molecule has 0 aliphatic heterocycles. The van der Waals surface area contributed by atoms with Gasteiger partial charge < -0.3 is 10.6 Å². The first-order chi connectivity index (χ1) is 9.00. The van der Waals surface area contributed by atoms with E-state index in [4.69, 9.17) is 5.73 Å². The van der Waals surface area contributed by atoms with E-state index in [0.29, 0.717) is 22.6 Å². The molecule has 0 spiro atoms. The minimum Gasteiger partial charge on any atom is -0.383 e. The fourth-order valence-electron chi connectivity index (χ4n) is 1.67. The fourth-order valence-corrected chi connectivity index (χ4v) is 2.00. The molecule has 5 nitrogen and oxygen atoms in total. The number of amides is 1. The van der Waals surface area contributed by atoms with E-state index < -0.39 is 0 Å². The minimum absolute atomic E-state index is 0.123. The first kappa shape index (κ1) is 13.5. The molecule has 0 radical (unpaired) electrons. The topological polar surface area (TPSA) is 72.1 Å². The monoisotopic (exact) mass is 320 g/mol. The molecule has 0 fully saturated rings. The summed E-state index contributed by atoms with van der Waals surface area (Å²) in [5, 5.41) is 0. The van der Waals surface area contributed by atoms with Crippen LogP contribution in [0.5, 0.6) is 0 Å². The summed E-state index contributed by atoms with van der Waals surface area (Å²) in [6, 6.07) is 5.25. The molecule has 2 rings (SSSR count). The van der Waals surface area contributed by atoms with Gasteiger partial charge in [-0.25, -0.2) is 4.98 Å². The summed E-state index contributed by atoms with van der Waals surface area (Å²) in [4.78, 5) is 22.0. The van der Waals surface area contributed by atoms with Crippen LogP contribution in [0.1, 0.15) is 10.4 Å². The lowest BCUT2D eigenvalue weighted by atomic mass is 10.1. The highest BCUT2D eigenvalue weighted by atomic mass is 79.9. The standard InChI is InChI=1S/C13H13BrN4O/c1-18(2)13(19)9-4-3-5-16-11(9)10-6-8(14)7-17-12(10)15/h3-7H,1-2H3,(H2,15,17). The molecule has 0 aromatic carbocycles. The Hall–Kier alpha value is -1.95. The van der Waals surface area contributed by atoms with Crippen molar-refractivity contribution in [2.24, 2.45) is 0 Å². The summed E-state index contributed by atoms with van der Waals surface area (Å²) in [6.07, 6.45) is 3.23. The second kappa shape index (κ2) is 5.36. The zero-order chi connectivity index (χ0) is 14.0. The summed E-state index contributed by atoms with van der Waals surface area (Å²) in [7, 11) is 3.39. The van der Waals surface area contributed by atoms with Crippen LogP contribution in [-0.2, 0) is 0 Å². The van der Waals surface area contributed by atoms with Crippen molar-refractivity contribution in [2.75, 3.05) is 19.8 Å². The van der Waals surface area contributed by atoms with Crippen LogP contribution in [0, 0.1) is 0 Å². The van der Waals surface area contributed by atoms with Crippen LogP contribution in [0.25, 0.3) is 11.3 Å². The number of halogens is 1. The van der Waals surface area contributed by atoms with Gasteiger partial charge in [0, 0.05) is 36.5 Å². The Morgan fingerprint density at radius 1 is 1.37 bits per heavy atom. The molecule has 2 aromatic rings. The largest absolute Gasteiger partial charge is 0.383 e. The van der Waals surface area contributed by atoms with E-state index in [1.807, 2.05) is 0 Å². The van der Waals surface area contributed by atoms with E-state index in [2.05, 4.69) is 25.9 Å². The van der Waals surface area contributed by atoms with Crippen molar-refractivity contribution in [1.29, 1.82) is 0 Å². The van der Waals surface area contributed by atoms with Gasteiger partial charge >= 0.3 is 0 Å². The Kier molecular flexibility index (Phi) is 3.80. The predicted octanol–water partition coefficient (Wildman–Crippen LogP) is 2.19. The highest BCUT2D eigenvalue weighted by Crippen LogP contribution is 2.28. The maximum absolute atomic E-state index is 12.1. The zero-order valence-corrected chi connectivity index (χ0v) is 12.2. The first-order valence-electron chi connectivity index (χ1n) is 5.58. The molecule has 1 amide bonds. The van der Waals surface area contributed by atoms with Gasteiger partial charge in [0.05, 0.1) is 11.3 Å². The lowest BCUT2D eigenvalue weighted by molar-refractivity contribution is 0.0828. The number of anilines is 1. The minimum atomic E-state index is -0.123. The second-order valence-corrected chi connectivity index (χ2v) is 5.10. The third-order valence-corrected chi connectivity index (χ3v) is 3.02. The van der Waals surface area contributed by atoms with Gasteiger partial charge in [-0.15, -0.1) is 0 Å². The Labute approximate surface area is 119 Å². The fraction of sp³-hybridized carbons (Fsp3) is 0.154. The molecule has 0 saturated carbocycles. The average Bonchev–Trinajstić information content (AvgIpc) is 2.40. The van der Waals surface area contributed by atoms with Crippen LogP contribution in [0.4, 0.5) is 5.82 Å². The number of nitrogens with zero attached hydrogens (tertiary/aromatic N) is 3. The van der Waals surface area contributed by atoms with Gasteiger partial charge in [-0.1, -0.05) is 0 Å². The van der Waals surface area contributed by atoms with E-state index in [-0.39, 0.29) is 5.91 Å². The highest BCUT2D eigenvalue weighted by Gasteiger charge is 2.17. The van der Waals surface area contributed by atoms with Crippen molar-refractivity contribution in [3.63, 3.8) is 0 Å². The number of pyridine rings is 2. The van der Waals surface area contributed by atoms with Crippen molar-refractivity contribution < 1.29 is 4.79 Å². The van der Waals surface area contributed by atoms with Crippen LogP contribution in [0.2, 0.25) is 0 Å². The molecule has 6 heteroatoms. The molecule has 0 atom stereocenters. The summed E-state index contributed by atoms with van der Waals surface area (Å²) < 4.78 is 0.783. The lowest BCUT2D eigenvalue weighted by Crippen LogP contribution is -2.22. The van der Waals surface area contributed by atoms with Gasteiger partial charge in [0.1, 0.15) is 5.82 Å². The second-order valence-electron chi connectivity index (χ2n) is 4.19. The van der Waals surface area contributed by atoms with Crippen LogP contribution < -0.4 is 5.73 Å². The number of rotatable bonds is 2. The Bertz CT molecular complexity index is 628. The van der Waals surface area contributed by atoms with E-state index in [9.17, 15) is 4.79 Å². The summed E-state index contributed by atoms with van der Waals surface area (Å²) in [5.41, 5.74) is 7.54. The molecule has 2 N–H and O–H groups in total. The molecule has 0 aliphatic carbocycles. The quantitative estimate of drug-likeness (QED) is 0.920. The molecule has 19 heavy (non-hydrogen) atoms. The smallest absolute Gasteiger partial charge is 0.255 e. The third kappa shape index (κ3) is 2.73. The van der Waals surface area contributed by atoms with Gasteiger partial charge in [-0.3, -0.25) is 9.78 Å². The Morgan fingerprint density at radius 3 is 2.79 bits per heavy atom. The van der Waals surface area contributed by atoms with E-state index >= 15 is 0 Å². The van der Waals surface area contributed by atoms with Crippen LogP contribution in [-0.4, -0.2) is 34.9 Å². The zero-order valence-electron chi connectivity index (χ0n) is 10.6. The van der Waals surface area contributed by atoms with Crippen molar-refractivity contribution >= 4 is 27.7 Å². The van der Waals surface area contributed by atoms with E-state index in [1.54, 1.807) is 44.7 Å². The number of carbonyl (C=O) groups is 1. The summed E-state index contributed by atoms with van der Waals surface area (Å²) in [5.74, 6) is 0.220. The van der Waals surface area contributed by atoms with Crippen molar-refractivity contribution in [1.82, 2.24) is 14.9 Å². The van der Waals surface area contributed by atoms with Crippen molar-refractivity contribution in [3.05, 3.63) is 40.6 Å². The van der Waals surface area contributed by atoms with Crippen LogP contribution >= 0.6 is 15.9 Å². The van der Waals surface area contributed by atoms with Crippen molar-refractivity contribution in [2.45, 2.75) is 0 Å². The average molecular weight is 321 g/mol. The molecule has 0 aliphatic rings. The Balaban J connectivity index is 2.63. The predicted molar refractivity (Wildman–Crippen MR) is 77.6 cm³/mol. The van der Waals surface area contributed by atoms with Gasteiger partial charge in [-0.2, -0.15) is 0 Å². The normalized spacial score (nSPS) is 10.3. The number of hydrogen-bond donors (Lipinski definition) is 1. The maximum atomic E-state index is 12.1. The number of hydrogen-bond acceptors (Lipinski definition) is 4. The molecule has 0 saturated heterocycles. The molecule has 0 bridgehead atoms. The molecule has 0 unspecified atom stereocenters. The molecule has 2 heterocycles. The third-order valence-electron chi connectivity index (χ3n) is 2.58. The van der Waals surface area contributed by atoms with Gasteiger partial charge in [-0.05, 0) is 34.1 Å². The molecule has 2 aromatic heterocycles. The summed E-state index contributed by atoms with van der Waals surface area (Å²) >= 11 is 3.34. The first-order valence-corrected chi connectivity index (χ1v) is 6.38. The van der Waals surface area contributed by atoms with E-state index in [0.717, 1.165) is 4.47 Å². The van der Waals surface area contributed by atoms with Crippen LogP contribution in [0.3, 0.4) is 0 Å². The lowest BCUT2D eigenvalue weighted by Gasteiger charge is -2.14. The van der Waals surface area contributed by atoms with Crippen molar-refractivity contribution in [3.8, 4) is 11.3 Å². The Morgan fingerprint density at radius 2 is 2.11 bits per heavy atom. The molecular weight excluding hydrogens is 308 g/mol. The number of aromatic nitrogens is 2. The summed E-state index contributed by atoms with van der Waals surface area (Å²) in [6.45, 7) is 0.